The van der Waals surface area contributed by atoms with Gasteiger partial charge in [0, 0.05) is 6.07 Å². The van der Waals surface area contributed by atoms with Gasteiger partial charge in [-0.25, -0.2) is 4.79 Å². The van der Waals surface area contributed by atoms with Crippen LogP contribution in [0.2, 0.25) is 0 Å². The van der Waals surface area contributed by atoms with Crippen molar-refractivity contribution < 1.29 is 14.1 Å². The molecule has 0 radical (unpaired) electrons. The van der Waals surface area contributed by atoms with E-state index >= 15 is 0 Å². The van der Waals surface area contributed by atoms with Crippen molar-refractivity contribution in [2.24, 2.45) is 0 Å². The molecule has 4 heteroatoms. The van der Waals surface area contributed by atoms with E-state index in [9.17, 15) is 4.79 Å². The quantitative estimate of drug-likeness (QED) is 0.616. The Hall–Kier alpha value is -1.68. The van der Waals surface area contributed by atoms with Gasteiger partial charge in [-0.1, -0.05) is 12.1 Å². The second-order valence-corrected chi connectivity index (χ2v) is 3.66. The Morgan fingerprint density at radius 1 is 1.27 bits per heavy atom. The molecule has 0 spiro atoms. The summed E-state index contributed by atoms with van der Waals surface area (Å²) in [5, 5.41) is 3.06. The molecule has 3 rings (SSSR count). The van der Waals surface area contributed by atoms with Crippen LogP contribution in [0.1, 0.15) is 0 Å². The largest absolute Gasteiger partial charge is 0.476 e. The van der Waals surface area contributed by atoms with Crippen LogP contribution in [0.5, 0.6) is 5.75 Å². The van der Waals surface area contributed by atoms with E-state index < -0.39 is 0 Å². The Balaban J connectivity index is 2.20. The number of rotatable bonds is 0. The molecule has 0 aromatic heterocycles. The van der Waals surface area contributed by atoms with Crippen molar-refractivity contribution in [2.75, 3.05) is 19.7 Å². The molecule has 0 atom stereocenters. The Labute approximate surface area is 87.2 Å². The minimum Gasteiger partial charge on any atom is -0.476 e. The summed E-state index contributed by atoms with van der Waals surface area (Å²) in [4.78, 5) is 11.8. The van der Waals surface area contributed by atoms with Gasteiger partial charge in [-0.2, -0.15) is 0 Å². The van der Waals surface area contributed by atoms with Crippen molar-refractivity contribution in [3.8, 4) is 5.75 Å². The van der Waals surface area contributed by atoms with Gasteiger partial charge in [0.05, 0.1) is 6.54 Å². The maximum atomic E-state index is 11.8. The van der Waals surface area contributed by atoms with Gasteiger partial charge in [-0.05, 0) is 6.07 Å². The Morgan fingerprint density at radius 3 is 3.07 bits per heavy atom. The molecule has 0 saturated heterocycles. The molecule has 1 aromatic carbocycles. The molecular weight excluding hydrogens is 192 g/mol. The fraction of sp³-hybridized carbons (Fsp3) is 0.273. The van der Waals surface area contributed by atoms with Gasteiger partial charge in [0.2, 0.25) is 5.71 Å². The van der Waals surface area contributed by atoms with Crippen LogP contribution in [0.4, 0.5) is 5.69 Å². The molecule has 0 fully saturated rings. The normalized spacial score (nSPS) is 19.3. The van der Waals surface area contributed by atoms with Crippen LogP contribution in [-0.2, 0) is 4.79 Å². The number of carbonyl (C=O) groups is 1. The zero-order valence-corrected chi connectivity index (χ0v) is 8.19. The molecule has 0 saturated carbocycles. The highest BCUT2D eigenvalue weighted by atomic mass is 16.5. The van der Waals surface area contributed by atoms with Gasteiger partial charge < -0.3 is 4.74 Å². The molecule has 0 aliphatic carbocycles. The number of nitrogens with one attached hydrogen (secondary N) is 1. The summed E-state index contributed by atoms with van der Waals surface area (Å²) >= 11 is 0. The zero-order chi connectivity index (χ0) is 10.3. The number of fused-ring (bicyclic) bond motifs is 2. The molecule has 15 heavy (non-hydrogen) atoms. The Kier molecular flexibility index (Phi) is 1.82. The lowest BCUT2D eigenvalue weighted by molar-refractivity contribution is -0.376. The van der Waals surface area contributed by atoms with Crippen LogP contribution < -0.4 is 10.1 Å². The second kappa shape index (κ2) is 3.17. The number of hydrogen-bond donors (Lipinski definition) is 1. The highest BCUT2D eigenvalue weighted by molar-refractivity contribution is 5.94. The molecule has 1 aromatic rings. The van der Waals surface area contributed by atoms with Crippen molar-refractivity contribution in [3.63, 3.8) is 0 Å². The summed E-state index contributed by atoms with van der Waals surface area (Å²) < 4.78 is 7.34. The third-order valence-electron chi connectivity index (χ3n) is 2.67. The highest BCUT2D eigenvalue weighted by Gasteiger charge is 2.35. The first-order chi connectivity index (χ1) is 7.36. The fourth-order valence-corrected chi connectivity index (χ4v) is 1.99. The van der Waals surface area contributed by atoms with Crippen LogP contribution in [0.3, 0.4) is 0 Å². The molecule has 2 aliphatic rings. The molecule has 1 amide bonds. The average molecular weight is 203 g/mol. The lowest BCUT2D eigenvalue weighted by Gasteiger charge is -2.19. The molecule has 76 valence electrons. The van der Waals surface area contributed by atoms with Gasteiger partial charge in [-0.3, -0.25) is 5.32 Å². The second-order valence-electron chi connectivity index (χ2n) is 3.66. The number of ether oxygens (including phenoxy) is 1. The predicted molar refractivity (Wildman–Crippen MR) is 54.7 cm³/mol. The number of hydrogen-bond acceptors (Lipinski definition) is 3. The molecular formula is C11H11N2O2+. The molecule has 4 nitrogen and oxygen atoms in total. The van der Waals surface area contributed by atoms with Crippen molar-refractivity contribution in [2.45, 2.75) is 0 Å². The van der Waals surface area contributed by atoms with E-state index in [-0.39, 0.29) is 5.91 Å². The lowest BCUT2D eigenvalue weighted by Crippen LogP contribution is -2.47. The van der Waals surface area contributed by atoms with Crippen LogP contribution in [-0.4, -0.2) is 35.9 Å². The topological polar surface area (TPSA) is 41.3 Å². The van der Waals surface area contributed by atoms with Crippen LogP contribution in [0.15, 0.2) is 24.3 Å². The first kappa shape index (κ1) is 8.61. The summed E-state index contributed by atoms with van der Waals surface area (Å²) in [7, 11) is 0. The first-order valence-electron chi connectivity index (χ1n) is 4.96. The molecule has 2 heterocycles. The van der Waals surface area contributed by atoms with Gasteiger partial charge in [0.1, 0.15) is 6.54 Å². The smallest absolute Gasteiger partial charge is 0.406 e. The zero-order valence-electron chi connectivity index (χ0n) is 8.19. The third-order valence-corrected chi connectivity index (χ3v) is 2.67. The first-order valence-corrected chi connectivity index (χ1v) is 4.96. The van der Waals surface area contributed by atoms with E-state index in [0.29, 0.717) is 13.2 Å². The van der Waals surface area contributed by atoms with E-state index in [1.165, 1.54) is 0 Å². The lowest BCUT2D eigenvalue weighted by atomic mass is 10.2. The summed E-state index contributed by atoms with van der Waals surface area (Å²) in [6, 6.07) is 7.64. The van der Waals surface area contributed by atoms with Gasteiger partial charge in [-0.15, -0.1) is 4.58 Å². The molecule has 0 unspecified atom stereocenters. The number of amides is 1. The molecule has 0 bridgehead atoms. The van der Waals surface area contributed by atoms with E-state index in [4.69, 9.17) is 4.74 Å². The van der Waals surface area contributed by atoms with Crippen molar-refractivity contribution in [1.29, 1.82) is 0 Å². The SMILES string of the molecule is O=C1CNCC2=[N+]1c1ccccc1OC2. The Bertz CT molecular complexity index is 465. The monoisotopic (exact) mass is 203 g/mol. The predicted octanol–water partition coefficient (Wildman–Crippen LogP) is 0.294. The van der Waals surface area contributed by atoms with Gasteiger partial charge >= 0.3 is 5.91 Å². The maximum Gasteiger partial charge on any atom is 0.406 e. The molecule has 2 aliphatic heterocycles. The minimum absolute atomic E-state index is 0.0898. The van der Waals surface area contributed by atoms with E-state index in [1.807, 2.05) is 24.3 Å². The van der Waals surface area contributed by atoms with Crippen LogP contribution in [0.25, 0.3) is 0 Å². The van der Waals surface area contributed by atoms with Gasteiger partial charge in [0.25, 0.3) is 5.69 Å². The Morgan fingerprint density at radius 2 is 2.13 bits per heavy atom. The fourth-order valence-electron chi connectivity index (χ4n) is 1.99. The van der Waals surface area contributed by atoms with Gasteiger partial charge in [0.15, 0.2) is 12.4 Å². The van der Waals surface area contributed by atoms with Crippen LogP contribution in [0, 0.1) is 0 Å². The summed E-state index contributed by atoms with van der Waals surface area (Å²) in [6.07, 6.45) is 0. The van der Waals surface area contributed by atoms with E-state index in [1.54, 1.807) is 4.58 Å². The van der Waals surface area contributed by atoms with Crippen molar-refractivity contribution in [3.05, 3.63) is 24.3 Å². The number of carbonyl (C=O) groups excluding carboxylic acids is 1. The standard InChI is InChI=1S/C11H11N2O2/c14-11-6-12-5-8-7-15-10-4-2-1-3-9(10)13(8)11/h1-4,12H,5-7H2/q+1. The number of para-hydroxylation sites is 2. The minimum atomic E-state index is 0.0898. The van der Waals surface area contributed by atoms with Crippen molar-refractivity contribution in [1.82, 2.24) is 5.32 Å². The van der Waals surface area contributed by atoms with Crippen molar-refractivity contribution >= 4 is 17.3 Å². The van der Waals surface area contributed by atoms with Crippen LogP contribution >= 0.6 is 0 Å². The maximum absolute atomic E-state index is 11.8. The van der Waals surface area contributed by atoms with E-state index in [0.717, 1.165) is 23.7 Å². The molecule has 1 N–H and O–H groups in total. The summed E-state index contributed by atoms with van der Waals surface area (Å²) in [5.41, 5.74) is 1.86. The average Bonchev–Trinajstić information content (AvgIpc) is 2.29. The third kappa shape index (κ3) is 1.26. The summed E-state index contributed by atoms with van der Waals surface area (Å²) in [5.74, 6) is 0.878. The number of nitrogens with zero attached hydrogens (tertiary/aromatic N) is 1. The highest BCUT2D eigenvalue weighted by Crippen LogP contribution is 2.30. The van der Waals surface area contributed by atoms with E-state index in [2.05, 4.69) is 5.32 Å². The summed E-state index contributed by atoms with van der Waals surface area (Å²) in [6.45, 7) is 1.62. The number of benzene rings is 1.